The average Bonchev–Trinajstić information content (AvgIpc) is 2.40. The number of nitrogens with two attached hydrogens (primary N) is 1. The highest BCUT2D eigenvalue weighted by atomic mass is 16.3. The largest absolute Gasteiger partial charge is 0.393 e. The molecule has 0 bridgehead atoms. The summed E-state index contributed by atoms with van der Waals surface area (Å²) in [6.07, 6.45) is 1.46. The molecule has 3 heteroatoms. The molecule has 3 nitrogen and oxygen atoms in total. The molecule has 78 valence electrons. The second-order valence-electron chi connectivity index (χ2n) is 4.54. The van der Waals surface area contributed by atoms with Crippen LogP contribution >= 0.6 is 0 Å². The molecule has 0 aliphatic heterocycles. The molecule has 0 unspecified atom stereocenters. The van der Waals surface area contributed by atoms with Crippen molar-refractivity contribution in [1.82, 2.24) is 4.98 Å². The van der Waals surface area contributed by atoms with E-state index in [9.17, 15) is 5.11 Å². The van der Waals surface area contributed by atoms with Gasteiger partial charge in [-0.2, -0.15) is 0 Å². The first-order chi connectivity index (χ1) is 6.57. The van der Waals surface area contributed by atoms with Gasteiger partial charge < -0.3 is 15.8 Å². The molecule has 0 spiro atoms. The van der Waals surface area contributed by atoms with Gasteiger partial charge >= 0.3 is 0 Å². The van der Waals surface area contributed by atoms with E-state index in [1.807, 2.05) is 0 Å². The summed E-state index contributed by atoms with van der Waals surface area (Å²) >= 11 is 0. The SMILES string of the molecule is Cc1cc(C2(CN)CC(O)C2)c(C)[nH]1. The normalized spacial score (nSPS) is 31.6. The molecule has 1 aromatic rings. The Bertz CT molecular complexity index is 337. The smallest absolute Gasteiger partial charge is 0.0558 e. The van der Waals surface area contributed by atoms with Gasteiger partial charge in [0.15, 0.2) is 0 Å². The maximum Gasteiger partial charge on any atom is 0.0558 e. The van der Waals surface area contributed by atoms with Crippen molar-refractivity contribution in [2.75, 3.05) is 6.54 Å². The van der Waals surface area contributed by atoms with Crippen molar-refractivity contribution in [2.24, 2.45) is 5.73 Å². The van der Waals surface area contributed by atoms with Gasteiger partial charge in [0.25, 0.3) is 0 Å². The number of aromatic amines is 1. The lowest BCUT2D eigenvalue weighted by atomic mass is 9.62. The monoisotopic (exact) mass is 194 g/mol. The lowest BCUT2D eigenvalue weighted by Gasteiger charge is -2.45. The molecule has 0 amide bonds. The highest BCUT2D eigenvalue weighted by molar-refractivity contribution is 5.36. The second kappa shape index (κ2) is 3.11. The van der Waals surface area contributed by atoms with Gasteiger partial charge in [0.2, 0.25) is 0 Å². The Morgan fingerprint density at radius 2 is 2.21 bits per heavy atom. The number of aryl methyl sites for hydroxylation is 2. The Morgan fingerprint density at radius 3 is 2.57 bits per heavy atom. The molecule has 0 aromatic carbocycles. The molecule has 0 atom stereocenters. The minimum atomic E-state index is -0.159. The van der Waals surface area contributed by atoms with Crippen molar-refractivity contribution in [3.63, 3.8) is 0 Å². The number of hydrogen-bond acceptors (Lipinski definition) is 2. The van der Waals surface area contributed by atoms with Gasteiger partial charge in [-0.1, -0.05) is 0 Å². The Hall–Kier alpha value is -0.800. The van der Waals surface area contributed by atoms with Gasteiger partial charge in [0.1, 0.15) is 0 Å². The third-order valence-electron chi connectivity index (χ3n) is 3.36. The number of H-pyrrole nitrogens is 1. The topological polar surface area (TPSA) is 62.0 Å². The van der Waals surface area contributed by atoms with Gasteiger partial charge in [-0.3, -0.25) is 0 Å². The third-order valence-corrected chi connectivity index (χ3v) is 3.36. The molecule has 1 fully saturated rings. The van der Waals surface area contributed by atoms with E-state index >= 15 is 0 Å². The van der Waals surface area contributed by atoms with E-state index in [0.717, 1.165) is 12.8 Å². The summed E-state index contributed by atoms with van der Waals surface area (Å²) in [5.74, 6) is 0. The van der Waals surface area contributed by atoms with Crippen molar-refractivity contribution < 1.29 is 5.11 Å². The van der Waals surface area contributed by atoms with Gasteiger partial charge in [0.05, 0.1) is 6.10 Å². The number of nitrogens with one attached hydrogen (secondary N) is 1. The van der Waals surface area contributed by atoms with Crippen LogP contribution in [-0.2, 0) is 5.41 Å². The number of hydrogen-bond donors (Lipinski definition) is 3. The molecule has 1 aromatic heterocycles. The molecule has 2 rings (SSSR count). The first kappa shape index (κ1) is 9.74. The van der Waals surface area contributed by atoms with E-state index in [0.29, 0.717) is 6.54 Å². The zero-order valence-electron chi connectivity index (χ0n) is 8.80. The van der Waals surface area contributed by atoms with Crippen molar-refractivity contribution in [2.45, 2.75) is 38.2 Å². The highest BCUT2D eigenvalue weighted by Gasteiger charge is 2.44. The molecule has 1 heterocycles. The number of aliphatic hydroxyl groups excluding tert-OH is 1. The molecule has 0 saturated heterocycles. The second-order valence-corrected chi connectivity index (χ2v) is 4.54. The van der Waals surface area contributed by atoms with E-state index in [2.05, 4.69) is 24.9 Å². The van der Waals surface area contributed by atoms with E-state index in [4.69, 9.17) is 5.73 Å². The summed E-state index contributed by atoms with van der Waals surface area (Å²) < 4.78 is 0. The molecular weight excluding hydrogens is 176 g/mol. The van der Waals surface area contributed by atoms with Crippen LogP contribution in [0.3, 0.4) is 0 Å². The van der Waals surface area contributed by atoms with Gasteiger partial charge in [-0.05, 0) is 38.3 Å². The zero-order chi connectivity index (χ0) is 10.3. The standard InChI is InChI=1S/C11H18N2O/c1-7-3-10(8(2)13-7)11(6-12)4-9(14)5-11/h3,9,13-14H,4-6,12H2,1-2H3. The van der Waals surface area contributed by atoms with Crippen molar-refractivity contribution in [1.29, 1.82) is 0 Å². The van der Waals surface area contributed by atoms with Crippen LogP contribution in [0.1, 0.15) is 29.8 Å². The maximum absolute atomic E-state index is 9.41. The van der Waals surface area contributed by atoms with Crippen molar-refractivity contribution in [3.8, 4) is 0 Å². The summed E-state index contributed by atoms with van der Waals surface area (Å²) in [6.45, 7) is 4.75. The predicted molar refractivity (Wildman–Crippen MR) is 56.2 cm³/mol. The number of aliphatic hydroxyl groups is 1. The highest BCUT2D eigenvalue weighted by Crippen LogP contribution is 2.44. The summed E-state index contributed by atoms with van der Waals surface area (Å²) in [6, 6.07) is 2.16. The van der Waals surface area contributed by atoms with Gasteiger partial charge in [-0.25, -0.2) is 0 Å². The Kier molecular flexibility index (Phi) is 2.16. The predicted octanol–water partition coefficient (Wildman–Crippen LogP) is 0.983. The molecule has 1 aliphatic carbocycles. The minimum absolute atomic E-state index is 0.0360. The average molecular weight is 194 g/mol. The lowest BCUT2D eigenvalue weighted by molar-refractivity contribution is 0.0219. The fourth-order valence-electron chi connectivity index (χ4n) is 2.61. The molecule has 1 aliphatic rings. The Labute approximate surface area is 84.3 Å². The van der Waals surface area contributed by atoms with Gasteiger partial charge in [0, 0.05) is 23.3 Å². The van der Waals surface area contributed by atoms with E-state index in [-0.39, 0.29) is 11.5 Å². The zero-order valence-corrected chi connectivity index (χ0v) is 8.80. The molecular formula is C11H18N2O. The molecule has 0 radical (unpaired) electrons. The Balaban J connectivity index is 2.33. The first-order valence-corrected chi connectivity index (χ1v) is 5.12. The van der Waals surface area contributed by atoms with Crippen molar-refractivity contribution >= 4 is 0 Å². The molecule has 4 N–H and O–H groups in total. The quantitative estimate of drug-likeness (QED) is 0.657. The fourth-order valence-corrected chi connectivity index (χ4v) is 2.61. The van der Waals surface area contributed by atoms with Gasteiger partial charge in [-0.15, -0.1) is 0 Å². The van der Waals surface area contributed by atoms with E-state index < -0.39 is 0 Å². The van der Waals surface area contributed by atoms with E-state index in [1.165, 1.54) is 17.0 Å². The summed E-state index contributed by atoms with van der Waals surface area (Å²) in [4.78, 5) is 3.29. The minimum Gasteiger partial charge on any atom is -0.393 e. The molecule has 1 saturated carbocycles. The summed E-state index contributed by atoms with van der Waals surface area (Å²) in [5.41, 5.74) is 9.51. The Morgan fingerprint density at radius 1 is 1.57 bits per heavy atom. The van der Waals surface area contributed by atoms with E-state index in [1.54, 1.807) is 0 Å². The number of rotatable bonds is 2. The molecule has 14 heavy (non-hydrogen) atoms. The lowest BCUT2D eigenvalue weighted by Crippen LogP contribution is -2.50. The van der Waals surface area contributed by atoms with Crippen LogP contribution in [0, 0.1) is 13.8 Å². The summed E-state index contributed by atoms with van der Waals surface area (Å²) in [5, 5.41) is 9.41. The van der Waals surface area contributed by atoms with Crippen LogP contribution < -0.4 is 5.73 Å². The van der Waals surface area contributed by atoms with Crippen LogP contribution in [0.25, 0.3) is 0 Å². The fraction of sp³-hybridized carbons (Fsp3) is 0.636. The van der Waals surface area contributed by atoms with Crippen LogP contribution in [-0.4, -0.2) is 22.7 Å². The van der Waals surface area contributed by atoms with Crippen molar-refractivity contribution in [3.05, 3.63) is 23.0 Å². The maximum atomic E-state index is 9.41. The number of aromatic nitrogens is 1. The van der Waals surface area contributed by atoms with Crippen LogP contribution in [0.2, 0.25) is 0 Å². The van der Waals surface area contributed by atoms with Crippen LogP contribution in [0.15, 0.2) is 6.07 Å². The first-order valence-electron chi connectivity index (χ1n) is 5.12. The summed E-state index contributed by atoms with van der Waals surface area (Å²) in [7, 11) is 0. The van der Waals surface area contributed by atoms with Crippen LogP contribution in [0.5, 0.6) is 0 Å². The third kappa shape index (κ3) is 1.28. The van der Waals surface area contributed by atoms with Crippen LogP contribution in [0.4, 0.5) is 0 Å².